The van der Waals surface area contributed by atoms with Gasteiger partial charge in [0.2, 0.25) is 0 Å². The summed E-state index contributed by atoms with van der Waals surface area (Å²) in [6.45, 7) is 2.44. The van der Waals surface area contributed by atoms with Crippen LogP contribution in [0.5, 0.6) is 5.75 Å². The molecule has 5 rings (SSSR count). The summed E-state index contributed by atoms with van der Waals surface area (Å²) in [4.78, 5) is 35.3. The van der Waals surface area contributed by atoms with Crippen LogP contribution in [0.2, 0.25) is 5.02 Å². The van der Waals surface area contributed by atoms with Crippen molar-refractivity contribution in [3.05, 3.63) is 47.5 Å². The maximum atomic E-state index is 13.6. The summed E-state index contributed by atoms with van der Waals surface area (Å²) in [6, 6.07) is 6.88. The first-order valence-electron chi connectivity index (χ1n) is 11.9. The standard InChI is InChI=1S/C25H26ClFN6O4/c1-33-6-4-14(5-7-33)11-36-22-10-19-16(9-20(22)31-24(34)21-12-37-25(35)32-21)23(29-13-28-19)30-15-2-3-18(27)17(26)8-15/h2-3,8-10,13-14,21H,4-7,11-12H2,1H3,(H,31,34)(H,32,35)(H,28,29,30)/t21-/m0/s1. The monoisotopic (exact) mass is 528 g/mol. The Balaban J connectivity index is 1.45. The number of halogens is 2. The summed E-state index contributed by atoms with van der Waals surface area (Å²) in [6.07, 6.45) is 2.80. The number of ether oxygens (including phenoxy) is 2. The average Bonchev–Trinajstić information content (AvgIpc) is 3.33. The first kappa shape index (κ1) is 25.0. The van der Waals surface area contributed by atoms with Crippen LogP contribution in [-0.2, 0) is 9.53 Å². The van der Waals surface area contributed by atoms with Gasteiger partial charge >= 0.3 is 6.09 Å². The van der Waals surface area contributed by atoms with Gasteiger partial charge in [0.1, 0.15) is 36.4 Å². The second-order valence-corrected chi connectivity index (χ2v) is 9.59. The molecule has 3 N–H and O–H groups in total. The highest BCUT2D eigenvalue weighted by Crippen LogP contribution is 2.34. The van der Waals surface area contributed by atoms with Crippen molar-refractivity contribution < 1.29 is 23.5 Å². The van der Waals surface area contributed by atoms with Gasteiger partial charge in [0.15, 0.2) is 0 Å². The van der Waals surface area contributed by atoms with Crippen molar-refractivity contribution >= 4 is 51.7 Å². The molecule has 3 heterocycles. The second-order valence-electron chi connectivity index (χ2n) is 9.18. The average molecular weight is 529 g/mol. The lowest BCUT2D eigenvalue weighted by Gasteiger charge is -2.29. The van der Waals surface area contributed by atoms with Gasteiger partial charge in [-0.1, -0.05) is 11.6 Å². The van der Waals surface area contributed by atoms with Crippen molar-refractivity contribution in [3.8, 4) is 5.75 Å². The molecule has 3 aromatic rings. The Kier molecular flexibility index (Phi) is 7.24. The summed E-state index contributed by atoms with van der Waals surface area (Å²) in [5.41, 5.74) is 1.52. The van der Waals surface area contributed by atoms with E-state index in [1.54, 1.807) is 18.2 Å². The van der Waals surface area contributed by atoms with Gasteiger partial charge in [-0.05, 0) is 63.2 Å². The smallest absolute Gasteiger partial charge is 0.407 e. The van der Waals surface area contributed by atoms with Crippen molar-refractivity contribution in [1.82, 2.24) is 20.2 Å². The number of cyclic esters (lactones) is 1. The van der Waals surface area contributed by atoms with E-state index in [0.717, 1.165) is 25.9 Å². The second kappa shape index (κ2) is 10.7. The number of nitrogens with zero attached hydrogens (tertiary/aromatic N) is 3. The third kappa shape index (κ3) is 5.83. The molecule has 194 valence electrons. The minimum absolute atomic E-state index is 0.0262. The van der Waals surface area contributed by atoms with Crippen LogP contribution < -0.4 is 20.7 Å². The van der Waals surface area contributed by atoms with Crippen LogP contribution in [-0.4, -0.2) is 66.3 Å². The fourth-order valence-electron chi connectivity index (χ4n) is 4.29. The van der Waals surface area contributed by atoms with E-state index in [1.165, 1.54) is 18.5 Å². The molecule has 2 aliphatic rings. The molecule has 0 spiro atoms. The van der Waals surface area contributed by atoms with Crippen LogP contribution in [0.4, 0.5) is 26.4 Å². The zero-order chi connectivity index (χ0) is 25.9. The SMILES string of the molecule is CN1CCC(COc2cc3ncnc(Nc4ccc(F)c(Cl)c4)c3cc2NC(=O)[C@@H]2COC(=O)N2)CC1. The molecule has 2 saturated heterocycles. The largest absolute Gasteiger partial charge is 0.491 e. The van der Waals surface area contributed by atoms with Crippen molar-refractivity contribution in [2.45, 2.75) is 18.9 Å². The highest BCUT2D eigenvalue weighted by atomic mass is 35.5. The molecule has 2 aromatic carbocycles. The lowest BCUT2D eigenvalue weighted by atomic mass is 9.98. The number of carbonyl (C=O) groups is 2. The number of rotatable bonds is 7. The van der Waals surface area contributed by atoms with Crippen molar-refractivity contribution in [2.75, 3.05) is 44.0 Å². The highest BCUT2D eigenvalue weighted by molar-refractivity contribution is 6.31. The Morgan fingerprint density at radius 2 is 2.08 bits per heavy atom. The van der Waals surface area contributed by atoms with E-state index in [2.05, 4.69) is 37.9 Å². The first-order chi connectivity index (χ1) is 17.9. The molecule has 0 radical (unpaired) electrons. The van der Waals surface area contributed by atoms with E-state index >= 15 is 0 Å². The van der Waals surface area contributed by atoms with Gasteiger partial charge in [-0.15, -0.1) is 0 Å². The first-order valence-corrected chi connectivity index (χ1v) is 12.3. The molecule has 10 nitrogen and oxygen atoms in total. The van der Waals surface area contributed by atoms with Gasteiger partial charge in [-0.3, -0.25) is 4.79 Å². The molecule has 1 aromatic heterocycles. The van der Waals surface area contributed by atoms with Crippen molar-refractivity contribution in [1.29, 1.82) is 0 Å². The Bertz CT molecular complexity index is 1330. The van der Waals surface area contributed by atoms with Gasteiger partial charge in [0.05, 0.1) is 22.8 Å². The summed E-state index contributed by atoms with van der Waals surface area (Å²) >= 11 is 5.93. The number of nitrogens with one attached hydrogen (secondary N) is 3. The molecule has 2 fully saturated rings. The maximum absolute atomic E-state index is 13.6. The predicted octanol–water partition coefficient (Wildman–Crippen LogP) is 3.93. The summed E-state index contributed by atoms with van der Waals surface area (Å²) in [5, 5.41) is 9.01. The van der Waals surface area contributed by atoms with Crippen molar-refractivity contribution in [3.63, 3.8) is 0 Å². The number of aromatic nitrogens is 2. The van der Waals surface area contributed by atoms with Gasteiger partial charge in [-0.2, -0.15) is 0 Å². The number of alkyl carbamates (subject to hydrolysis) is 1. The maximum Gasteiger partial charge on any atom is 0.407 e. The van der Waals surface area contributed by atoms with Gasteiger partial charge < -0.3 is 30.3 Å². The number of hydrogen-bond acceptors (Lipinski definition) is 8. The van der Waals surface area contributed by atoms with Crippen LogP contribution in [0.25, 0.3) is 10.9 Å². The van der Waals surface area contributed by atoms with Crippen LogP contribution in [0.3, 0.4) is 0 Å². The number of likely N-dealkylation sites (tertiary alicyclic amines) is 1. The molecular weight excluding hydrogens is 503 g/mol. The van der Waals surface area contributed by atoms with Crippen LogP contribution in [0.15, 0.2) is 36.7 Å². The molecule has 1 atom stereocenters. The van der Waals surface area contributed by atoms with E-state index in [1.807, 2.05) is 0 Å². The summed E-state index contributed by atoms with van der Waals surface area (Å²) in [5.74, 6) is 0.316. The number of benzene rings is 2. The molecule has 0 bridgehead atoms. The normalized spacial score (nSPS) is 18.4. The Labute approximate surface area is 217 Å². The number of amides is 2. The molecule has 2 amide bonds. The fourth-order valence-corrected chi connectivity index (χ4v) is 4.47. The Morgan fingerprint density at radius 3 is 2.81 bits per heavy atom. The molecule has 2 aliphatic heterocycles. The molecule has 0 unspecified atom stereocenters. The lowest BCUT2D eigenvalue weighted by Crippen LogP contribution is -2.38. The number of anilines is 3. The van der Waals surface area contributed by atoms with Gasteiger partial charge in [-0.25, -0.2) is 19.2 Å². The summed E-state index contributed by atoms with van der Waals surface area (Å²) < 4.78 is 24.7. The zero-order valence-electron chi connectivity index (χ0n) is 20.1. The highest BCUT2D eigenvalue weighted by Gasteiger charge is 2.29. The van der Waals surface area contributed by atoms with Gasteiger partial charge in [0, 0.05) is 17.1 Å². The van der Waals surface area contributed by atoms with E-state index < -0.39 is 23.9 Å². The molecule has 0 aliphatic carbocycles. The third-order valence-corrected chi connectivity index (χ3v) is 6.77. The zero-order valence-corrected chi connectivity index (χ0v) is 20.8. The quantitative estimate of drug-likeness (QED) is 0.422. The molecule has 0 saturated carbocycles. The molecule has 37 heavy (non-hydrogen) atoms. The van der Waals surface area contributed by atoms with Crippen molar-refractivity contribution in [2.24, 2.45) is 5.92 Å². The van der Waals surface area contributed by atoms with Crippen LogP contribution >= 0.6 is 11.6 Å². The van der Waals surface area contributed by atoms with Gasteiger partial charge in [0.25, 0.3) is 5.91 Å². The predicted molar refractivity (Wildman–Crippen MR) is 137 cm³/mol. The fraction of sp³-hybridized carbons (Fsp3) is 0.360. The van der Waals surface area contributed by atoms with E-state index in [9.17, 15) is 14.0 Å². The lowest BCUT2D eigenvalue weighted by molar-refractivity contribution is -0.117. The van der Waals surface area contributed by atoms with E-state index in [4.69, 9.17) is 21.1 Å². The van der Waals surface area contributed by atoms with E-state index in [0.29, 0.717) is 46.4 Å². The number of hydrogen-bond donors (Lipinski definition) is 3. The molecule has 12 heteroatoms. The third-order valence-electron chi connectivity index (χ3n) is 6.48. The van der Waals surface area contributed by atoms with Crippen LogP contribution in [0.1, 0.15) is 12.8 Å². The minimum Gasteiger partial charge on any atom is -0.491 e. The van der Waals surface area contributed by atoms with Crippen LogP contribution in [0, 0.1) is 11.7 Å². The Hall–Kier alpha value is -3.70. The number of piperidine rings is 1. The topological polar surface area (TPSA) is 118 Å². The number of fused-ring (bicyclic) bond motifs is 1. The van der Waals surface area contributed by atoms with E-state index in [-0.39, 0.29) is 11.6 Å². The molecular formula is C25H26ClFN6O4. The Morgan fingerprint density at radius 1 is 1.27 bits per heavy atom. The number of carbonyl (C=O) groups excluding carboxylic acids is 2. The minimum atomic E-state index is -0.823. The summed E-state index contributed by atoms with van der Waals surface area (Å²) in [7, 11) is 2.10.